The van der Waals surface area contributed by atoms with E-state index >= 15 is 0 Å². The fourth-order valence-electron chi connectivity index (χ4n) is 2.35. The molecule has 0 amide bonds. The first-order valence-electron chi connectivity index (χ1n) is 7.84. The highest BCUT2D eigenvalue weighted by Crippen LogP contribution is 2.34. The van der Waals surface area contributed by atoms with Crippen LogP contribution in [0.1, 0.15) is 26.2 Å². The Kier molecular flexibility index (Phi) is 5.63. The zero-order valence-electron chi connectivity index (χ0n) is 13.8. The number of sulfonamides is 1. The second kappa shape index (κ2) is 7.52. The van der Waals surface area contributed by atoms with Gasteiger partial charge in [-0.05, 0) is 30.7 Å². The second-order valence-corrected chi connectivity index (χ2v) is 7.47. The van der Waals surface area contributed by atoms with Gasteiger partial charge in [0.1, 0.15) is 0 Å². The molecule has 0 spiro atoms. The Labute approximate surface area is 146 Å². The van der Waals surface area contributed by atoms with Crippen molar-refractivity contribution in [2.24, 2.45) is 0 Å². The minimum absolute atomic E-state index is 0.169. The van der Waals surface area contributed by atoms with E-state index in [4.69, 9.17) is 0 Å². The van der Waals surface area contributed by atoms with Crippen molar-refractivity contribution < 1.29 is 28.8 Å². The van der Waals surface area contributed by atoms with E-state index in [-0.39, 0.29) is 22.9 Å². The van der Waals surface area contributed by atoms with Crippen LogP contribution in [0, 0.1) is 0 Å². The van der Waals surface area contributed by atoms with E-state index in [0.29, 0.717) is 6.42 Å². The quantitative estimate of drug-likeness (QED) is 0.441. The van der Waals surface area contributed by atoms with Crippen LogP contribution in [0.2, 0.25) is 0 Å². The van der Waals surface area contributed by atoms with Gasteiger partial charge in [-0.25, -0.2) is 8.42 Å². The minimum Gasteiger partial charge on any atom is -0.504 e. The smallest absolute Gasteiger partial charge is 0.264 e. The van der Waals surface area contributed by atoms with E-state index in [1.807, 2.05) is 6.92 Å². The zero-order chi connectivity index (χ0) is 18.6. The molecule has 0 aliphatic rings. The van der Waals surface area contributed by atoms with Crippen molar-refractivity contribution in [1.29, 1.82) is 0 Å². The topological polar surface area (TPSA) is 118 Å². The van der Waals surface area contributed by atoms with Gasteiger partial charge in [0.15, 0.2) is 23.0 Å². The summed E-state index contributed by atoms with van der Waals surface area (Å²) in [4.78, 5) is -0.188. The van der Waals surface area contributed by atoms with Crippen molar-refractivity contribution in [2.45, 2.75) is 31.1 Å². The van der Waals surface area contributed by atoms with Gasteiger partial charge in [0.2, 0.25) is 0 Å². The summed E-state index contributed by atoms with van der Waals surface area (Å²) < 4.78 is 27.1. The molecule has 0 aliphatic heterocycles. The van der Waals surface area contributed by atoms with E-state index in [2.05, 4.69) is 0 Å². The number of benzene rings is 2. The van der Waals surface area contributed by atoms with Gasteiger partial charge in [-0.15, -0.1) is 0 Å². The maximum Gasteiger partial charge on any atom is 0.264 e. The Hall–Kier alpha value is -2.61. The summed E-state index contributed by atoms with van der Waals surface area (Å²) in [6.45, 7) is 2.16. The van der Waals surface area contributed by atoms with Gasteiger partial charge in [-0.3, -0.25) is 4.31 Å². The third kappa shape index (κ3) is 4.08. The largest absolute Gasteiger partial charge is 0.504 e. The van der Waals surface area contributed by atoms with Crippen LogP contribution < -0.4 is 4.31 Å². The lowest BCUT2D eigenvalue weighted by Gasteiger charge is -2.25. The Balaban J connectivity index is 2.48. The number of anilines is 1. The Morgan fingerprint density at radius 2 is 1.44 bits per heavy atom. The highest BCUT2D eigenvalue weighted by atomic mass is 32.2. The predicted molar refractivity (Wildman–Crippen MR) is 93.6 cm³/mol. The van der Waals surface area contributed by atoms with Crippen LogP contribution in [-0.4, -0.2) is 35.4 Å². The molecule has 25 heavy (non-hydrogen) atoms. The molecule has 2 aromatic rings. The van der Waals surface area contributed by atoms with Crippen molar-refractivity contribution in [3.63, 3.8) is 0 Å². The molecule has 0 saturated heterocycles. The van der Waals surface area contributed by atoms with Crippen molar-refractivity contribution in [3.05, 3.63) is 36.4 Å². The van der Waals surface area contributed by atoms with Crippen LogP contribution in [0.25, 0.3) is 0 Å². The van der Waals surface area contributed by atoms with Crippen LogP contribution in [0.15, 0.2) is 41.3 Å². The molecular weight excluding hydrogens is 346 g/mol. The molecule has 0 bridgehead atoms. The number of unbranched alkanes of at least 4 members (excludes halogenated alkanes) is 2. The number of rotatable bonds is 7. The summed E-state index contributed by atoms with van der Waals surface area (Å²) in [5.74, 6) is -1.74. The molecule has 8 heteroatoms. The summed E-state index contributed by atoms with van der Waals surface area (Å²) in [6.07, 6.45) is 2.31. The van der Waals surface area contributed by atoms with Crippen LogP contribution in [0.4, 0.5) is 5.69 Å². The first kappa shape index (κ1) is 18.7. The number of nitrogens with zero attached hydrogens (tertiary/aromatic N) is 1. The van der Waals surface area contributed by atoms with Gasteiger partial charge < -0.3 is 20.4 Å². The van der Waals surface area contributed by atoms with Crippen molar-refractivity contribution in [3.8, 4) is 23.0 Å². The van der Waals surface area contributed by atoms with Crippen LogP contribution in [0.5, 0.6) is 23.0 Å². The minimum atomic E-state index is -4.03. The normalized spacial score (nSPS) is 11.4. The molecule has 2 rings (SSSR count). The average Bonchev–Trinajstić information content (AvgIpc) is 2.56. The van der Waals surface area contributed by atoms with Gasteiger partial charge >= 0.3 is 0 Å². The molecule has 7 nitrogen and oxygen atoms in total. The molecule has 0 fully saturated rings. The average molecular weight is 367 g/mol. The predicted octanol–water partition coefficient (Wildman–Crippen LogP) is 2.89. The number of phenolic OH excluding ortho intramolecular Hbond substituents is 4. The van der Waals surface area contributed by atoms with Crippen molar-refractivity contribution >= 4 is 15.7 Å². The van der Waals surface area contributed by atoms with E-state index < -0.39 is 27.3 Å². The number of phenols is 4. The lowest BCUT2D eigenvalue weighted by molar-refractivity contribution is 0.402. The van der Waals surface area contributed by atoms with E-state index in [9.17, 15) is 28.8 Å². The highest BCUT2D eigenvalue weighted by molar-refractivity contribution is 7.92. The number of hydrogen-bond donors (Lipinski definition) is 4. The first-order chi connectivity index (χ1) is 11.8. The molecule has 0 aliphatic carbocycles. The number of hydrogen-bond acceptors (Lipinski definition) is 6. The third-order valence-corrected chi connectivity index (χ3v) is 5.57. The molecule has 0 atom stereocenters. The van der Waals surface area contributed by atoms with E-state index in [1.54, 1.807) is 0 Å². The van der Waals surface area contributed by atoms with Gasteiger partial charge in [0.25, 0.3) is 10.0 Å². The van der Waals surface area contributed by atoms with Crippen LogP contribution >= 0.6 is 0 Å². The maximum absolute atomic E-state index is 13.0. The molecule has 0 heterocycles. The third-order valence-electron chi connectivity index (χ3n) is 3.75. The Bertz CT molecular complexity index is 850. The molecule has 136 valence electrons. The summed E-state index contributed by atoms with van der Waals surface area (Å²) in [5.41, 5.74) is 0.193. The number of aromatic hydroxyl groups is 4. The van der Waals surface area contributed by atoms with Crippen molar-refractivity contribution in [2.75, 3.05) is 10.8 Å². The molecule has 0 radical (unpaired) electrons. The van der Waals surface area contributed by atoms with Gasteiger partial charge in [-0.1, -0.05) is 19.8 Å². The Morgan fingerprint density at radius 1 is 0.840 bits per heavy atom. The van der Waals surface area contributed by atoms with Crippen LogP contribution in [0.3, 0.4) is 0 Å². The van der Waals surface area contributed by atoms with Crippen molar-refractivity contribution in [1.82, 2.24) is 0 Å². The maximum atomic E-state index is 13.0. The van der Waals surface area contributed by atoms with Crippen LogP contribution in [-0.2, 0) is 10.0 Å². The fourth-order valence-corrected chi connectivity index (χ4v) is 3.87. The lowest BCUT2D eigenvalue weighted by atomic mass is 10.2. The van der Waals surface area contributed by atoms with Gasteiger partial charge in [0, 0.05) is 18.7 Å². The van der Waals surface area contributed by atoms with E-state index in [0.717, 1.165) is 29.3 Å². The zero-order valence-corrected chi connectivity index (χ0v) is 14.6. The molecule has 0 saturated carbocycles. The molecule has 0 aromatic heterocycles. The van der Waals surface area contributed by atoms with E-state index in [1.165, 1.54) is 24.3 Å². The second-order valence-electron chi connectivity index (χ2n) is 5.61. The molecular formula is C17H21NO6S. The Morgan fingerprint density at radius 3 is 2.00 bits per heavy atom. The molecule has 2 aromatic carbocycles. The summed E-state index contributed by atoms with van der Waals surface area (Å²) >= 11 is 0. The summed E-state index contributed by atoms with van der Waals surface area (Å²) in [7, 11) is -4.03. The molecule has 0 unspecified atom stereocenters. The van der Waals surface area contributed by atoms with Gasteiger partial charge in [-0.2, -0.15) is 0 Å². The summed E-state index contributed by atoms with van der Waals surface area (Å²) in [6, 6.07) is 7.02. The SMILES string of the molecule is CCCCCN(c1ccc(O)c(O)c1)S(=O)(=O)c1ccc(O)c(O)c1. The standard InChI is InChI=1S/C17H21NO6S/c1-2-3-4-9-18(12-5-7-14(19)16(21)10-12)25(23,24)13-6-8-15(20)17(22)11-13/h5-8,10-11,19-22H,2-4,9H2,1H3. The highest BCUT2D eigenvalue weighted by Gasteiger charge is 2.26. The van der Waals surface area contributed by atoms with Gasteiger partial charge in [0.05, 0.1) is 10.6 Å². The fraction of sp³-hybridized carbons (Fsp3) is 0.294. The lowest BCUT2D eigenvalue weighted by Crippen LogP contribution is -2.32. The monoisotopic (exact) mass is 367 g/mol. The first-order valence-corrected chi connectivity index (χ1v) is 9.28. The molecule has 4 N–H and O–H groups in total. The summed E-state index contributed by atoms with van der Waals surface area (Å²) in [5, 5.41) is 38.1.